The predicted octanol–water partition coefficient (Wildman–Crippen LogP) is 4.45. The van der Waals surface area contributed by atoms with E-state index in [0.29, 0.717) is 0 Å². The summed E-state index contributed by atoms with van der Waals surface area (Å²) in [4.78, 5) is 0. The molecular formula is C10H10BrClN2S. The van der Waals surface area contributed by atoms with Crippen LogP contribution >= 0.6 is 39.1 Å². The van der Waals surface area contributed by atoms with Gasteiger partial charge in [-0.1, -0.05) is 29.4 Å². The fourth-order valence-electron chi connectivity index (χ4n) is 1.47. The van der Waals surface area contributed by atoms with Gasteiger partial charge in [0.1, 0.15) is 5.52 Å². The number of unbranched alkanes of at least 4 members (excludes halogenated alkanes) is 1. The van der Waals surface area contributed by atoms with Crippen LogP contribution < -0.4 is 0 Å². The Kier molecular flexibility index (Phi) is 3.59. The molecule has 0 atom stereocenters. The highest BCUT2D eigenvalue weighted by Crippen LogP contribution is 2.34. The van der Waals surface area contributed by atoms with Crippen LogP contribution in [0.2, 0.25) is 5.02 Å². The van der Waals surface area contributed by atoms with Crippen LogP contribution in [0.3, 0.4) is 0 Å². The molecule has 0 unspecified atom stereocenters. The molecule has 1 aromatic heterocycles. The lowest BCUT2D eigenvalue weighted by Crippen LogP contribution is -1.87. The molecule has 0 N–H and O–H groups in total. The Morgan fingerprint density at radius 2 is 2.33 bits per heavy atom. The van der Waals surface area contributed by atoms with E-state index in [9.17, 15) is 0 Å². The zero-order valence-corrected chi connectivity index (χ0v) is 11.4. The Labute approximate surface area is 106 Å². The SMILES string of the molecule is CCCCc1cc(Br)c2nnsc2c1Cl. The number of benzene rings is 1. The number of halogens is 2. The highest BCUT2D eigenvalue weighted by atomic mass is 79.9. The summed E-state index contributed by atoms with van der Waals surface area (Å²) < 4.78 is 5.89. The normalized spacial score (nSPS) is 11.1. The van der Waals surface area contributed by atoms with E-state index in [1.165, 1.54) is 23.5 Å². The van der Waals surface area contributed by atoms with E-state index in [-0.39, 0.29) is 0 Å². The van der Waals surface area contributed by atoms with Gasteiger partial charge < -0.3 is 0 Å². The molecule has 0 radical (unpaired) electrons. The molecule has 0 bridgehead atoms. The second-order valence-electron chi connectivity index (χ2n) is 3.39. The summed E-state index contributed by atoms with van der Waals surface area (Å²) >= 11 is 11.2. The van der Waals surface area contributed by atoms with Gasteiger partial charge in [0.15, 0.2) is 0 Å². The van der Waals surface area contributed by atoms with Crippen LogP contribution in [0, 0.1) is 0 Å². The van der Waals surface area contributed by atoms with Crippen molar-refractivity contribution in [2.24, 2.45) is 0 Å². The molecule has 0 saturated carbocycles. The third-order valence-electron chi connectivity index (χ3n) is 2.30. The topological polar surface area (TPSA) is 25.8 Å². The van der Waals surface area contributed by atoms with Gasteiger partial charge in [-0.2, -0.15) is 0 Å². The minimum Gasteiger partial charge on any atom is -0.137 e. The average molecular weight is 306 g/mol. The number of aryl methyl sites for hydroxylation is 1. The molecule has 5 heteroatoms. The van der Waals surface area contributed by atoms with Crippen molar-refractivity contribution in [3.63, 3.8) is 0 Å². The minimum absolute atomic E-state index is 0.816. The zero-order chi connectivity index (χ0) is 10.8. The van der Waals surface area contributed by atoms with E-state index in [2.05, 4.69) is 38.5 Å². The predicted molar refractivity (Wildman–Crippen MR) is 68.7 cm³/mol. The Balaban J connectivity index is 2.51. The summed E-state index contributed by atoms with van der Waals surface area (Å²) in [7, 11) is 0. The second-order valence-corrected chi connectivity index (χ2v) is 5.37. The molecule has 0 amide bonds. The van der Waals surface area contributed by atoms with Crippen LogP contribution in [-0.4, -0.2) is 9.59 Å². The number of fused-ring (bicyclic) bond motifs is 1. The maximum Gasteiger partial charge on any atom is 0.121 e. The van der Waals surface area contributed by atoms with Crippen LogP contribution in [0.5, 0.6) is 0 Å². The molecule has 80 valence electrons. The first kappa shape index (κ1) is 11.3. The summed E-state index contributed by atoms with van der Waals surface area (Å²) in [6.45, 7) is 2.18. The second kappa shape index (κ2) is 4.76. The molecule has 1 aromatic carbocycles. The van der Waals surface area contributed by atoms with E-state index in [1.54, 1.807) is 0 Å². The Hall–Kier alpha value is -0.190. The number of hydrogen-bond acceptors (Lipinski definition) is 3. The van der Waals surface area contributed by atoms with Crippen molar-refractivity contribution in [1.29, 1.82) is 0 Å². The smallest absolute Gasteiger partial charge is 0.121 e. The van der Waals surface area contributed by atoms with Gasteiger partial charge in [-0.25, -0.2) is 0 Å². The fraction of sp³-hybridized carbons (Fsp3) is 0.400. The molecule has 2 nitrogen and oxygen atoms in total. The van der Waals surface area contributed by atoms with Gasteiger partial charge in [0.2, 0.25) is 0 Å². The molecule has 15 heavy (non-hydrogen) atoms. The lowest BCUT2D eigenvalue weighted by molar-refractivity contribution is 0.796. The standard InChI is InChI=1S/C10H10BrClN2S/c1-2-3-4-6-5-7(11)9-10(8(6)12)15-14-13-9/h5H,2-4H2,1H3. The van der Waals surface area contributed by atoms with E-state index in [4.69, 9.17) is 11.6 Å². The first-order valence-electron chi connectivity index (χ1n) is 4.83. The van der Waals surface area contributed by atoms with Gasteiger partial charge in [-0.05, 0) is 51.9 Å². The van der Waals surface area contributed by atoms with Crippen LogP contribution in [-0.2, 0) is 6.42 Å². The average Bonchev–Trinajstić information content (AvgIpc) is 2.70. The van der Waals surface area contributed by atoms with Crippen molar-refractivity contribution in [3.8, 4) is 0 Å². The number of hydrogen-bond donors (Lipinski definition) is 0. The van der Waals surface area contributed by atoms with Gasteiger partial charge in [-0.3, -0.25) is 0 Å². The molecule has 0 aliphatic heterocycles. The largest absolute Gasteiger partial charge is 0.137 e. The van der Waals surface area contributed by atoms with Gasteiger partial charge in [0.25, 0.3) is 0 Å². The number of aromatic nitrogens is 2. The fourth-order valence-corrected chi connectivity index (χ4v) is 3.15. The van der Waals surface area contributed by atoms with Crippen LogP contribution in [0.4, 0.5) is 0 Å². The van der Waals surface area contributed by atoms with Gasteiger partial charge in [-0.15, -0.1) is 5.10 Å². The van der Waals surface area contributed by atoms with Gasteiger partial charge in [0, 0.05) is 4.47 Å². The van der Waals surface area contributed by atoms with E-state index < -0.39 is 0 Å². The highest BCUT2D eigenvalue weighted by molar-refractivity contribution is 9.10. The maximum absolute atomic E-state index is 6.30. The molecule has 0 spiro atoms. The first-order chi connectivity index (χ1) is 7.24. The Morgan fingerprint density at radius 1 is 1.53 bits per heavy atom. The van der Waals surface area contributed by atoms with Crippen molar-refractivity contribution in [3.05, 3.63) is 21.1 Å². The summed E-state index contributed by atoms with van der Waals surface area (Å²) in [6.07, 6.45) is 3.35. The van der Waals surface area contributed by atoms with E-state index >= 15 is 0 Å². The quantitative estimate of drug-likeness (QED) is 0.837. The lowest BCUT2D eigenvalue weighted by Gasteiger charge is -2.04. The number of rotatable bonds is 3. The Morgan fingerprint density at radius 3 is 3.07 bits per heavy atom. The summed E-state index contributed by atoms with van der Waals surface area (Å²) in [5.74, 6) is 0. The molecule has 2 rings (SSSR count). The minimum atomic E-state index is 0.816. The molecule has 2 aromatic rings. The number of nitrogens with zero attached hydrogens (tertiary/aromatic N) is 2. The molecule has 1 heterocycles. The maximum atomic E-state index is 6.30. The van der Waals surface area contributed by atoms with E-state index in [0.717, 1.165) is 32.6 Å². The monoisotopic (exact) mass is 304 g/mol. The van der Waals surface area contributed by atoms with Crippen molar-refractivity contribution in [2.75, 3.05) is 0 Å². The van der Waals surface area contributed by atoms with Crippen LogP contribution in [0.25, 0.3) is 10.2 Å². The van der Waals surface area contributed by atoms with Crippen molar-refractivity contribution < 1.29 is 0 Å². The Bertz CT molecular complexity index is 483. The molecule has 0 aliphatic rings. The third-order valence-corrected chi connectivity index (χ3v) is 4.19. The molecule has 0 aliphatic carbocycles. The van der Waals surface area contributed by atoms with Crippen molar-refractivity contribution >= 4 is 49.3 Å². The highest BCUT2D eigenvalue weighted by Gasteiger charge is 2.12. The molecular weight excluding hydrogens is 296 g/mol. The third kappa shape index (κ3) is 2.17. The first-order valence-corrected chi connectivity index (χ1v) is 6.77. The van der Waals surface area contributed by atoms with Crippen molar-refractivity contribution in [1.82, 2.24) is 9.59 Å². The van der Waals surface area contributed by atoms with Gasteiger partial charge in [0.05, 0.1) is 9.72 Å². The summed E-state index contributed by atoms with van der Waals surface area (Å²) in [6, 6.07) is 2.06. The van der Waals surface area contributed by atoms with Crippen LogP contribution in [0.1, 0.15) is 25.3 Å². The van der Waals surface area contributed by atoms with E-state index in [1.807, 2.05) is 0 Å². The zero-order valence-electron chi connectivity index (χ0n) is 8.26. The van der Waals surface area contributed by atoms with Crippen LogP contribution in [0.15, 0.2) is 10.5 Å². The van der Waals surface area contributed by atoms with Gasteiger partial charge >= 0.3 is 0 Å². The lowest BCUT2D eigenvalue weighted by atomic mass is 10.1. The molecule has 0 saturated heterocycles. The summed E-state index contributed by atoms with van der Waals surface area (Å²) in [5, 5.41) is 4.85. The summed E-state index contributed by atoms with van der Waals surface area (Å²) in [5.41, 5.74) is 2.05. The molecule has 0 fully saturated rings. The van der Waals surface area contributed by atoms with Crippen molar-refractivity contribution in [2.45, 2.75) is 26.2 Å².